The standard InChI is InChI=1S/C17H25NO4/c1-11(15(19)18-12(2)16(20)21)10-13-6-8-14(9-7-13)22-17(3,4)5/h6-9,11-12H,10H2,1-5H3,(H,18,19)(H,20,21)/t11-,12-/m0/s1. The second-order valence-electron chi connectivity index (χ2n) is 6.53. The zero-order chi connectivity index (χ0) is 16.9. The van der Waals surface area contributed by atoms with E-state index in [1.165, 1.54) is 6.92 Å². The Bertz CT molecular complexity index is 516. The van der Waals surface area contributed by atoms with Crippen molar-refractivity contribution in [1.82, 2.24) is 5.32 Å². The predicted octanol–water partition coefficient (Wildman–Crippen LogP) is 2.63. The molecule has 1 aromatic carbocycles. The van der Waals surface area contributed by atoms with Crippen molar-refractivity contribution < 1.29 is 19.4 Å². The van der Waals surface area contributed by atoms with Crippen molar-refractivity contribution in [2.45, 2.75) is 52.7 Å². The van der Waals surface area contributed by atoms with Crippen molar-refractivity contribution in [1.29, 1.82) is 0 Å². The first-order valence-corrected chi connectivity index (χ1v) is 7.39. The number of carboxylic acid groups (broad SMARTS) is 1. The summed E-state index contributed by atoms with van der Waals surface area (Å²) in [7, 11) is 0. The third kappa shape index (κ3) is 6.16. The van der Waals surface area contributed by atoms with Gasteiger partial charge in [-0.15, -0.1) is 0 Å². The zero-order valence-corrected chi connectivity index (χ0v) is 13.8. The highest BCUT2D eigenvalue weighted by molar-refractivity contribution is 5.84. The Hall–Kier alpha value is -2.04. The first-order chi connectivity index (χ1) is 10.1. The largest absolute Gasteiger partial charge is 0.488 e. The summed E-state index contributed by atoms with van der Waals surface area (Å²) in [6.07, 6.45) is 0.550. The molecule has 0 aliphatic heterocycles. The number of carbonyl (C=O) groups excluding carboxylic acids is 1. The Balaban J connectivity index is 2.59. The molecule has 0 saturated carbocycles. The van der Waals surface area contributed by atoms with Crippen LogP contribution in [-0.4, -0.2) is 28.6 Å². The number of hydrogen-bond acceptors (Lipinski definition) is 3. The summed E-state index contributed by atoms with van der Waals surface area (Å²) >= 11 is 0. The number of ether oxygens (including phenoxy) is 1. The zero-order valence-electron chi connectivity index (χ0n) is 13.8. The topological polar surface area (TPSA) is 75.6 Å². The summed E-state index contributed by atoms with van der Waals surface area (Å²) in [5, 5.41) is 11.3. The lowest BCUT2D eigenvalue weighted by atomic mass is 10.00. The van der Waals surface area contributed by atoms with E-state index in [1.54, 1.807) is 6.92 Å². The van der Waals surface area contributed by atoms with Crippen LogP contribution < -0.4 is 10.1 Å². The van der Waals surface area contributed by atoms with Crippen molar-refractivity contribution in [2.24, 2.45) is 5.92 Å². The lowest BCUT2D eigenvalue weighted by Crippen LogP contribution is -2.41. The minimum atomic E-state index is -1.04. The van der Waals surface area contributed by atoms with Crippen LogP contribution in [0.4, 0.5) is 0 Å². The number of aliphatic carboxylic acids is 1. The molecule has 0 aliphatic carbocycles. The maximum Gasteiger partial charge on any atom is 0.325 e. The highest BCUT2D eigenvalue weighted by Crippen LogP contribution is 2.19. The number of hydrogen-bond donors (Lipinski definition) is 2. The maximum atomic E-state index is 11.9. The number of benzene rings is 1. The number of carbonyl (C=O) groups is 2. The molecule has 0 bridgehead atoms. The maximum absolute atomic E-state index is 11.9. The average molecular weight is 307 g/mol. The van der Waals surface area contributed by atoms with E-state index in [-0.39, 0.29) is 17.4 Å². The van der Waals surface area contributed by atoms with Crippen molar-refractivity contribution in [3.63, 3.8) is 0 Å². The van der Waals surface area contributed by atoms with Gasteiger partial charge in [0.25, 0.3) is 0 Å². The van der Waals surface area contributed by atoms with Crippen molar-refractivity contribution in [2.75, 3.05) is 0 Å². The van der Waals surface area contributed by atoms with Crippen LogP contribution >= 0.6 is 0 Å². The van der Waals surface area contributed by atoms with E-state index in [0.717, 1.165) is 11.3 Å². The van der Waals surface area contributed by atoms with E-state index in [0.29, 0.717) is 6.42 Å². The molecule has 2 N–H and O–H groups in total. The van der Waals surface area contributed by atoms with Crippen LogP contribution in [0.2, 0.25) is 0 Å². The van der Waals surface area contributed by atoms with Crippen LogP contribution in [0.3, 0.4) is 0 Å². The normalized spacial score (nSPS) is 14.0. The van der Waals surface area contributed by atoms with Gasteiger partial charge in [-0.3, -0.25) is 9.59 Å². The van der Waals surface area contributed by atoms with Crippen LogP contribution in [0.1, 0.15) is 40.2 Å². The number of rotatable bonds is 6. The molecular weight excluding hydrogens is 282 g/mol. The number of amides is 1. The van der Waals surface area contributed by atoms with E-state index < -0.39 is 12.0 Å². The Labute approximate surface area is 131 Å². The molecule has 0 spiro atoms. The lowest BCUT2D eigenvalue weighted by Gasteiger charge is -2.21. The first kappa shape index (κ1) is 18.0. The van der Waals surface area contributed by atoms with Gasteiger partial charge in [0.05, 0.1) is 0 Å². The summed E-state index contributed by atoms with van der Waals surface area (Å²) in [5.41, 5.74) is 0.758. The molecule has 122 valence electrons. The Morgan fingerprint density at radius 1 is 1.18 bits per heavy atom. The van der Waals surface area contributed by atoms with Gasteiger partial charge in [-0.25, -0.2) is 0 Å². The molecule has 0 aromatic heterocycles. The Kier molecular flexibility index (Phi) is 5.97. The van der Waals surface area contributed by atoms with Gasteiger partial charge in [-0.05, 0) is 51.8 Å². The van der Waals surface area contributed by atoms with Crippen molar-refractivity contribution >= 4 is 11.9 Å². The third-order valence-corrected chi connectivity index (χ3v) is 3.07. The minimum Gasteiger partial charge on any atom is -0.488 e. The molecule has 22 heavy (non-hydrogen) atoms. The molecule has 2 atom stereocenters. The lowest BCUT2D eigenvalue weighted by molar-refractivity contribution is -0.141. The monoisotopic (exact) mass is 307 g/mol. The van der Waals surface area contributed by atoms with E-state index in [2.05, 4.69) is 5.32 Å². The van der Waals surface area contributed by atoms with E-state index in [1.807, 2.05) is 45.0 Å². The molecule has 1 aromatic rings. The smallest absolute Gasteiger partial charge is 0.325 e. The van der Waals surface area contributed by atoms with Crippen LogP contribution in [0, 0.1) is 5.92 Å². The molecule has 0 heterocycles. The highest BCUT2D eigenvalue weighted by atomic mass is 16.5. The van der Waals surface area contributed by atoms with E-state index in [4.69, 9.17) is 9.84 Å². The summed E-state index contributed by atoms with van der Waals surface area (Å²) in [4.78, 5) is 22.7. The molecule has 0 radical (unpaired) electrons. The van der Waals surface area contributed by atoms with Gasteiger partial charge in [0.15, 0.2) is 0 Å². The molecule has 5 heteroatoms. The quantitative estimate of drug-likeness (QED) is 0.847. The fourth-order valence-corrected chi connectivity index (χ4v) is 1.91. The molecule has 0 unspecified atom stereocenters. The van der Waals surface area contributed by atoms with Crippen LogP contribution in [0.25, 0.3) is 0 Å². The van der Waals surface area contributed by atoms with Gasteiger partial charge in [0.2, 0.25) is 5.91 Å². The molecule has 0 aliphatic rings. The Morgan fingerprint density at radius 3 is 2.18 bits per heavy atom. The van der Waals surface area contributed by atoms with Crippen LogP contribution in [0.5, 0.6) is 5.75 Å². The van der Waals surface area contributed by atoms with Gasteiger partial charge in [0, 0.05) is 5.92 Å². The van der Waals surface area contributed by atoms with Crippen LogP contribution in [-0.2, 0) is 16.0 Å². The van der Waals surface area contributed by atoms with E-state index >= 15 is 0 Å². The van der Waals surface area contributed by atoms with Gasteiger partial charge in [0.1, 0.15) is 17.4 Å². The molecule has 1 rings (SSSR count). The fourth-order valence-electron chi connectivity index (χ4n) is 1.91. The predicted molar refractivity (Wildman–Crippen MR) is 84.9 cm³/mol. The van der Waals surface area contributed by atoms with Gasteiger partial charge in [-0.2, -0.15) is 0 Å². The summed E-state index contributed by atoms with van der Waals surface area (Å²) < 4.78 is 5.74. The van der Waals surface area contributed by atoms with Gasteiger partial charge in [-0.1, -0.05) is 19.1 Å². The van der Waals surface area contributed by atoms with Crippen molar-refractivity contribution in [3.05, 3.63) is 29.8 Å². The SMILES string of the molecule is C[C@H](NC(=O)[C@@H](C)Cc1ccc(OC(C)(C)C)cc1)C(=O)O. The summed E-state index contributed by atoms with van der Waals surface area (Å²) in [6, 6.07) is 6.73. The average Bonchev–Trinajstić information content (AvgIpc) is 2.39. The van der Waals surface area contributed by atoms with Crippen molar-refractivity contribution in [3.8, 4) is 5.75 Å². The van der Waals surface area contributed by atoms with Gasteiger partial charge >= 0.3 is 5.97 Å². The van der Waals surface area contributed by atoms with E-state index in [9.17, 15) is 9.59 Å². The summed E-state index contributed by atoms with van der Waals surface area (Å²) in [5.74, 6) is -0.807. The molecular formula is C17H25NO4. The molecule has 0 saturated heterocycles. The summed E-state index contributed by atoms with van der Waals surface area (Å²) in [6.45, 7) is 9.18. The number of nitrogens with one attached hydrogen (secondary N) is 1. The minimum absolute atomic E-state index is 0.248. The highest BCUT2D eigenvalue weighted by Gasteiger charge is 2.19. The molecule has 5 nitrogen and oxygen atoms in total. The second kappa shape index (κ2) is 7.29. The molecule has 0 fully saturated rings. The first-order valence-electron chi connectivity index (χ1n) is 7.39. The molecule has 1 amide bonds. The Morgan fingerprint density at radius 2 is 1.73 bits per heavy atom. The number of carboxylic acids is 1. The van der Waals surface area contributed by atoms with Crippen LogP contribution in [0.15, 0.2) is 24.3 Å². The fraction of sp³-hybridized carbons (Fsp3) is 0.529. The third-order valence-electron chi connectivity index (χ3n) is 3.07. The second-order valence-corrected chi connectivity index (χ2v) is 6.53. The van der Waals surface area contributed by atoms with Gasteiger partial charge < -0.3 is 15.2 Å².